The van der Waals surface area contributed by atoms with E-state index in [2.05, 4.69) is 20.5 Å². The fourth-order valence-electron chi connectivity index (χ4n) is 3.97. The first kappa shape index (κ1) is 22.9. The van der Waals surface area contributed by atoms with Crippen LogP contribution >= 0.6 is 0 Å². The van der Waals surface area contributed by atoms with Gasteiger partial charge in [0.15, 0.2) is 5.69 Å². The number of rotatable bonds is 5. The van der Waals surface area contributed by atoms with Crippen LogP contribution < -0.4 is 10.6 Å². The number of fused-ring (bicyclic) bond motifs is 1. The number of likely N-dealkylation sites (N-methyl/N-ethyl adjacent to an activating group) is 1. The maximum atomic E-state index is 13.9. The van der Waals surface area contributed by atoms with E-state index in [1.165, 1.54) is 12.1 Å². The molecule has 2 N–H and O–H groups in total. The highest BCUT2D eigenvalue weighted by Crippen LogP contribution is 2.27. The molecule has 3 rings (SSSR count). The van der Waals surface area contributed by atoms with E-state index >= 15 is 0 Å². The van der Waals surface area contributed by atoms with E-state index in [0.29, 0.717) is 30.9 Å². The summed E-state index contributed by atoms with van der Waals surface area (Å²) >= 11 is 0. The molecule has 8 heteroatoms. The molecule has 31 heavy (non-hydrogen) atoms. The molecule has 2 heterocycles. The summed E-state index contributed by atoms with van der Waals surface area (Å²) in [5.74, 6) is -0.408. The Bertz CT molecular complexity index is 963. The second kappa shape index (κ2) is 9.18. The third-order valence-electron chi connectivity index (χ3n) is 5.40. The molecular weight excluding hydrogens is 397 g/mol. The number of carbonyl (C=O) groups is 2. The highest BCUT2D eigenvalue weighted by atomic mass is 19.1. The van der Waals surface area contributed by atoms with Crippen LogP contribution in [0.5, 0.6) is 0 Å². The highest BCUT2D eigenvalue weighted by molar-refractivity contribution is 5.97. The number of hydrogen-bond acceptors (Lipinski definition) is 4. The van der Waals surface area contributed by atoms with Gasteiger partial charge in [-0.25, -0.2) is 9.37 Å². The SMILES string of the molecule is CNC(=O)[C@H](CC(C)(C)C)NC(=O)c1nc(-c2cccc(F)c2)n2c1CN(C)CCC2. The number of nitrogens with one attached hydrogen (secondary N) is 2. The first-order valence-corrected chi connectivity index (χ1v) is 10.7. The average Bonchev–Trinajstić information content (AvgIpc) is 2.92. The van der Waals surface area contributed by atoms with Crippen LogP contribution in [0.4, 0.5) is 4.39 Å². The number of hydrogen-bond donors (Lipinski definition) is 2. The lowest BCUT2D eigenvalue weighted by atomic mass is 9.87. The molecule has 0 spiro atoms. The summed E-state index contributed by atoms with van der Waals surface area (Å²) in [5.41, 5.74) is 1.55. The van der Waals surface area contributed by atoms with Crippen molar-refractivity contribution in [2.75, 3.05) is 20.6 Å². The summed E-state index contributed by atoms with van der Waals surface area (Å²) in [5, 5.41) is 5.51. The van der Waals surface area contributed by atoms with Gasteiger partial charge >= 0.3 is 0 Å². The molecule has 2 aromatic rings. The van der Waals surface area contributed by atoms with Crippen LogP contribution in [0.15, 0.2) is 24.3 Å². The molecule has 168 valence electrons. The second-order valence-electron chi connectivity index (χ2n) is 9.39. The molecule has 2 amide bonds. The molecule has 0 fully saturated rings. The summed E-state index contributed by atoms with van der Waals surface area (Å²) in [6.07, 6.45) is 1.39. The fraction of sp³-hybridized carbons (Fsp3) is 0.522. The molecule has 0 radical (unpaired) electrons. The first-order valence-electron chi connectivity index (χ1n) is 10.7. The average molecular weight is 430 g/mol. The van der Waals surface area contributed by atoms with Gasteiger partial charge < -0.3 is 20.1 Å². The third-order valence-corrected chi connectivity index (χ3v) is 5.40. The number of nitrogens with zero attached hydrogens (tertiary/aromatic N) is 3. The van der Waals surface area contributed by atoms with E-state index in [9.17, 15) is 14.0 Å². The van der Waals surface area contributed by atoms with Crippen molar-refractivity contribution in [1.29, 1.82) is 0 Å². The zero-order valence-corrected chi connectivity index (χ0v) is 19.0. The molecule has 1 aliphatic heterocycles. The molecule has 1 aromatic carbocycles. The zero-order chi connectivity index (χ0) is 22.8. The molecule has 1 aromatic heterocycles. The minimum Gasteiger partial charge on any atom is -0.357 e. The Hall–Kier alpha value is -2.74. The Labute approximate surface area is 183 Å². The van der Waals surface area contributed by atoms with Crippen LogP contribution in [0.25, 0.3) is 11.4 Å². The summed E-state index contributed by atoms with van der Waals surface area (Å²) < 4.78 is 15.9. The lowest BCUT2D eigenvalue weighted by molar-refractivity contribution is -0.123. The van der Waals surface area contributed by atoms with Crippen LogP contribution in [0, 0.1) is 11.2 Å². The van der Waals surface area contributed by atoms with E-state index in [4.69, 9.17) is 0 Å². The number of halogens is 1. The smallest absolute Gasteiger partial charge is 0.272 e. The van der Waals surface area contributed by atoms with Gasteiger partial charge in [-0.1, -0.05) is 32.9 Å². The first-order chi connectivity index (χ1) is 14.6. The van der Waals surface area contributed by atoms with E-state index in [1.807, 2.05) is 32.4 Å². The number of benzene rings is 1. The van der Waals surface area contributed by atoms with Crippen molar-refractivity contribution < 1.29 is 14.0 Å². The topological polar surface area (TPSA) is 79.3 Å². The van der Waals surface area contributed by atoms with Crippen molar-refractivity contribution >= 4 is 11.8 Å². The van der Waals surface area contributed by atoms with E-state index < -0.39 is 6.04 Å². The third kappa shape index (κ3) is 5.50. The van der Waals surface area contributed by atoms with Crippen molar-refractivity contribution in [3.05, 3.63) is 41.5 Å². The quantitative estimate of drug-likeness (QED) is 0.766. The van der Waals surface area contributed by atoms with Gasteiger partial charge in [0.25, 0.3) is 5.91 Å². The molecule has 0 aliphatic carbocycles. The van der Waals surface area contributed by atoms with E-state index in [-0.39, 0.29) is 28.7 Å². The van der Waals surface area contributed by atoms with Crippen LogP contribution in [0.1, 0.15) is 49.8 Å². The summed E-state index contributed by atoms with van der Waals surface area (Å²) in [6, 6.07) is 5.58. The van der Waals surface area contributed by atoms with Gasteiger partial charge in [-0.3, -0.25) is 9.59 Å². The van der Waals surface area contributed by atoms with Gasteiger partial charge in [0, 0.05) is 25.7 Å². The maximum Gasteiger partial charge on any atom is 0.272 e. The number of carbonyl (C=O) groups excluding carboxylic acids is 2. The van der Waals surface area contributed by atoms with Crippen LogP contribution in [0.2, 0.25) is 0 Å². The normalized spacial score (nSPS) is 15.7. The minimum atomic E-state index is -0.670. The van der Waals surface area contributed by atoms with Crippen molar-refractivity contribution in [1.82, 2.24) is 25.1 Å². The van der Waals surface area contributed by atoms with E-state index in [1.54, 1.807) is 19.2 Å². The largest absolute Gasteiger partial charge is 0.357 e. The van der Waals surface area contributed by atoms with Crippen LogP contribution in [0.3, 0.4) is 0 Å². The number of aromatic nitrogens is 2. The van der Waals surface area contributed by atoms with Crippen molar-refractivity contribution in [2.24, 2.45) is 5.41 Å². The monoisotopic (exact) mass is 429 g/mol. The number of amides is 2. The Morgan fingerprint density at radius 3 is 2.65 bits per heavy atom. The standard InChI is InChI=1S/C23H32FN5O2/c1-23(2,3)13-17(21(30)25-4)26-22(31)19-18-14-28(5)10-7-11-29(18)20(27-19)15-8-6-9-16(24)12-15/h6,8-9,12,17H,7,10-11,13-14H2,1-5H3,(H,25,30)(H,26,31)/t17-/m0/s1. The molecule has 1 atom stereocenters. The molecule has 7 nitrogen and oxygen atoms in total. The summed E-state index contributed by atoms with van der Waals surface area (Å²) in [7, 11) is 3.56. The van der Waals surface area contributed by atoms with Crippen molar-refractivity contribution in [3.63, 3.8) is 0 Å². The summed E-state index contributed by atoms with van der Waals surface area (Å²) in [4.78, 5) is 32.5. The van der Waals surface area contributed by atoms with Gasteiger partial charge in [0.1, 0.15) is 17.7 Å². The molecule has 0 unspecified atom stereocenters. The molecule has 0 saturated carbocycles. The Morgan fingerprint density at radius 2 is 2.00 bits per heavy atom. The molecule has 0 bridgehead atoms. The van der Waals surface area contributed by atoms with E-state index in [0.717, 1.165) is 18.7 Å². The van der Waals surface area contributed by atoms with Gasteiger partial charge in [-0.2, -0.15) is 0 Å². The Balaban J connectivity index is 2.01. The van der Waals surface area contributed by atoms with Crippen LogP contribution in [-0.2, 0) is 17.9 Å². The van der Waals surface area contributed by atoms with Gasteiger partial charge in [0.2, 0.25) is 5.91 Å². The molecule has 1 aliphatic rings. The lowest BCUT2D eigenvalue weighted by Gasteiger charge is -2.25. The van der Waals surface area contributed by atoms with Crippen molar-refractivity contribution in [2.45, 2.75) is 52.7 Å². The van der Waals surface area contributed by atoms with Crippen LogP contribution in [-0.4, -0.2) is 52.9 Å². The highest BCUT2D eigenvalue weighted by Gasteiger charge is 2.30. The predicted molar refractivity (Wildman–Crippen MR) is 118 cm³/mol. The van der Waals surface area contributed by atoms with Gasteiger partial charge in [-0.15, -0.1) is 0 Å². The zero-order valence-electron chi connectivity index (χ0n) is 19.0. The van der Waals surface area contributed by atoms with Crippen molar-refractivity contribution in [3.8, 4) is 11.4 Å². The number of imidazole rings is 1. The summed E-state index contributed by atoms with van der Waals surface area (Å²) in [6.45, 7) is 8.19. The Kier molecular flexibility index (Phi) is 6.79. The molecular formula is C23H32FN5O2. The molecule has 0 saturated heterocycles. The fourth-order valence-corrected chi connectivity index (χ4v) is 3.97. The predicted octanol–water partition coefficient (Wildman–Crippen LogP) is 2.81. The van der Waals surface area contributed by atoms with Gasteiger partial charge in [-0.05, 0) is 44.0 Å². The minimum absolute atomic E-state index is 0.150. The van der Waals surface area contributed by atoms with Gasteiger partial charge in [0.05, 0.1) is 5.69 Å². The maximum absolute atomic E-state index is 13.9. The second-order valence-corrected chi connectivity index (χ2v) is 9.39. The Morgan fingerprint density at radius 1 is 1.26 bits per heavy atom. The lowest BCUT2D eigenvalue weighted by Crippen LogP contribution is -2.47.